The molecule has 23 heavy (non-hydrogen) atoms. The van der Waals surface area contributed by atoms with Crippen LogP contribution in [-0.4, -0.2) is 17.1 Å². The van der Waals surface area contributed by atoms with Crippen LogP contribution in [0.1, 0.15) is 12.5 Å². The summed E-state index contributed by atoms with van der Waals surface area (Å²) in [5.74, 6) is -1.04. The van der Waals surface area contributed by atoms with Crippen LogP contribution < -0.4 is 5.01 Å². The van der Waals surface area contributed by atoms with Crippen LogP contribution in [0.2, 0.25) is 0 Å². The van der Waals surface area contributed by atoms with E-state index < -0.39 is 0 Å². The minimum absolute atomic E-state index is 0.331. The molecule has 0 saturated carbocycles. The number of hydrogen-bond donors (Lipinski definition) is 0. The summed E-state index contributed by atoms with van der Waals surface area (Å²) < 4.78 is 26.8. The van der Waals surface area contributed by atoms with Gasteiger partial charge in [-0.25, -0.2) is 13.8 Å². The van der Waals surface area contributed by atoms with Crippen LogP contribution in [0.4, 0.5) is 13.9 Å². The Morgan fingerprint density at radius 1 is 1.17 bits per heavy atom. The summed E-state index contributed by atoms with van der Waals surface area (Å²) >= 11 is 1.17. The van der Waals surface area contributed by atoms with Crippen LogP contribution in [0.5, 0.6) is 0 Å². The molecular weight excluding hydrogens is 320 g/mol. The van der Waals surface area contributed by atoms with Crippen LogP contribution in [0, 0.1) is 11.6 Å². The Balaban J connectivity index is 1.93. The molecule has 3 aromatic rings. The van der Waals surface area contributed by atoms with Gasteiger partial charge in [-0.3, -0.25) is 4.79 Å². The average molecular weight is 331 g/mol. The van der Waals surface area contributed by atoms with Gasteiger partial charge in [0.15, 0.2) is 0 Å². The van der Waals surface area contributed by atoms with E-state index in [1.807, 2.05) is 0 Å². The van der Waals surface area contributed by atoms with Crippen molar-refractivity contribution >= 4 is 38.8 Å². The monoisotopic (exact) mass is 331 g/mol. The van der Waals surface area contributed by atoms with E-state index in [-0.39, 0.29) is 17.5 Å². The number of nitrogens with zero attached hydrogens (tertiary/aromatic N) is 3. The predicted molar refractivity (Wildman–Crippen MR) is 86.7 cm³/mol. The highest BCUT2D eigenvalue weighted by Gasteiger charge is 2.15. The van der Waals surface area contributed by atoms with Crippen LogP contribution in [-0.2, 0) is 4.79 Å². The first kappa shape index (κ1) is 15.2. The van der Waals surface area contributed by atoms with Gasteiger partial charge < -0.3 is 0 Å². The van der Waals surface area contributed by atoms with E-state index in [4.69, 9.17) is 0 Å². The van der Waals surface area contributed by atoms with Crippen molar-refractivity contribution in [3.8, 4) is 0 Å². The van der Waals surface area contributed by atoms with Crippen molar-refractivity contribution in [1.29, 1.82) is 0 Å². The van der Waals surface area contributed by atoms with Gasteiger partial charge in [0.05, 0.1) is 16.4 Å². The zero-order valence-corrected chi connectivity index (χ0v) is 12.8. The number of anilines is 1. The lowest BCUT2D eigenvalue weighted by Crippen LogP contribution is -2.22. The Hall–Kier alpha value is -2.67. The fourth-order valence-corrected chi connectivity index (χ4v) is 2.91. The van der Waals surface area contributed by atoms with E-state index in [2.05, 4.69) is 10.1 Å². The van der Waals surface area contributed by atoms with Crippen molar-refractivity contribution in [2.24, 2.45) is 5.10 Å². The number of benzene rings is 2. The molecule has 3 rings (SSSR count). The number of thiazole rings is 1. The molecule has 0 aliphatic rings. The van der Waals surface area contributed by atoms with E-state index in [9.17, 15) is 13.6 Å². The molecule has 4 nitrogen and oxygen atoms in total. The molecule has 0 saturated heterocycles. The second-order valence-electron chi connectivity index (χ2n) is 4.74. The predicted octanol–water partition coefficient (Wildman–Crippen LogP) is 3.96. The standard InChI is InChI=1S/C16H11F2N3OS/c1-10(22)21(19-9-11-2-4-12(17)5-3-11)16-20-14-7-6-13(18)8-15(14)23-16/h2-9H,1H3. The maximum atomic E-state index is 13.2. The summed E-state index contributed by atoms with van der Waals surface area (Å²) in [5, 5.41) is 5.58. The SMILES string of the molecule is CC(=O)N(N=Cc1ccc(F)cc1)c1nc2ccc(F)cc2s1. The van der Waals surface area contributed by atoms with Crippen molar-refractivity contribution in [2.75, 3.05) is 5.01 Å². The molecule has 0 N–H and O–H groups in total. The quantitative estimate of drug-likeness (QED) is 0.539. The van der Waals surface area contributed by atoms with Gasteiger partial charge in [-0.05, 0) is 35.9 Å². The molecule has 0 unspecified atom stereocenters. The van der Waals surface area contributed by atoms with Gasteiger partial charge in [0, 0.05) is 6.92 Å². The van der Waals surface area contributed by atoms with Crippen LogP contribution in [0.3, 0.4) is 0 Å². The normalized spacial score (nSPS) is 11.3. The van der Waals surface area contributed by atoms with E-state index in [0.717, 1.165) is 5.01 Å². The zero-order valence-electron chi connectivity index (χ0n) is 12.0. The second kappa shape index (κ2) is 6.21. The van der Waals surface area contributed by atoms with Crippen molar-refractivity contribution < 1.29 is 13.6 Å². The molecule has 1 amide bonds. The number of aromatic nitrogens is 1. The highest BCUT2D eigenvalue weighted by atomic mass is 32.1. The van der Waals surface area contributed by atoms with E-state index in [0.29, 0.717) is 20.9 Å². The molecule has 0 atom stereocenters. The zero-order chi connectivity index (χ0) is 16.4. The minimum atomic E-state index is -0.364. The topological polar surface area (TPSA) is 45.6 Å². The number of fused-ring (bicyclic) bond motifs is 1. The van der Waals surface area contributed by atoms with Gasteiger partial charge in [0.2, 0.25) is 11.0 Å². The molecule has 0 spiro atoms. The Labute approximate surface area is 134 Å². The lowest BCUT2D eigenvalue weighted by Gasteiger charge is -2.10. The molecule has 1 aromatic heterocycles. The van der Waals surface area contributed by atoms with Crippen LogP contribution in [0.25, 0.3) is 10.2 Å². The van der Waals surface area contributed by atoms with Crippen molar-refractivity contribution in [3.63, 3.8) is 0 Å². The second-order valence-corrected chi connectivity index (χ2v) is 5.74. The first-order chi connectivity index (χ1) is 11.0. The van der Waals surface area contributed by atoms with Gasteiger partial charge >= 0.3 is 0 Å². The van der Waals surface area contributed by atoms with Gasteiger partial charge in [-0.15, -0.1) is 0 Å². The van der Waals surface area contributed by atoms with Crippen molar-refractivity contribution in [1.82, 2.24) is 4.98 Å². The minimum Gasteiger partial charge on any atom is -0.273 e. The maximum Gasteiger partial charge on any atom is 0.246 e. The highest BCUT2D eigenvalue weighted by molar-refractivity contribution is 7.22. The molecule has 0 radical (unpaired) electrons. The number of hydrazone groups is 1. The lowest BCUT2D eigenvalue weighted by atomic mass is 10.2. The third-order valence-corrected chi connectivity index (χ3v) is 4.00. The summed E-state index contributed by atoms with van der Waals surface area (Å²) in [6.07, 6.45) is 1.44. The third-order valence-electron chi connectivity index (χ3n) is 3.01. The van der Waals surface area contributed by atoms with Crippen molar-refractivity contribution in [2.45, 2.75) is 6.92 Å². The largest absolute Gasteiger partial charge is 0.273 e. The number of amides is 1. The fraction of sp³-hybridized carbons (Fsp3) is 0.0625. The van der Waals surface area contributed by atoms with E-state index in [1.165, 1.54) is 48.7 Å². The summed E-state index contributed by atoms with van der Waals surface area (Å²) in [5.41, 5.74) is 1.24. The number of hydrogen-bond acceptors (Lipinski definition) is 4. The summed E-state index contributed by atoms with van der Waals surface area (Å²) in [7, 11) is 0. The molecule has 1 heterocycles. The molecule has 0 aliphatic heterocycles. The summed E-state index contributed by atoms with van der Waals surface area (Å²) in [6, 6.07) is 9.92. The smallest absolute Gasteiger partial charge is 0.246 e. The van der Waals surface area contributed by atoms with E-state index in [1.54, 1.807) is 18.2 Å². The van der Waals surface area contributed by atoms with Gasteiger partial charge in [0.1, 0.15) is 11.6 Å². The number of carbonyl (C=O) groups is 1. The molecular formula is C16H11F2N3OS. The Morgan fingerprint density at radius 2 is 1.87 bits per heavy atom. The molecule has 0 aliphatic carbocycles. The van der Waals surface area contributed by atoms with E-state index >= 15 is 0 Å². The number of halogens is 2. The summed E-state index contributed by atoms with van der Waals surface area (Å²) in [4.78, 5) is 16.1. The first-order valence-electron chi connectivity index (χ1n) is 6.69. The maximum absolute atomic E-state index is 13.2. The molecule has 7 heteroatoms. The lowest BCUT2D eigenvalue weighted by molar-refractivity contribution is -0.116. The summed E-state index contributed by atoms with van der Waals surface area (Å²) in [6.45, 7) is 1.36. The third kappa shape index (κ3) is 3.40. The first-order valence-corrected chi connectivity index (χ1v) is 7.51. The van der Waals surface area contributed by atoms with Gasteiger partial charge in [0.25, 0.3) is 0 Å². The average Bonchev–Trinajstić information content (AvgIpc) is 2.91. The van der Waals surface area contributed by atoms with Crippen LogP contribution >= 0.6 is 11.3 Å². The molecule has 0 fully saturated rings. The highest BCUT2D eigenvalue weighted by Crippen LogP contribution is 2.29. The van der Waals surface area contributed by atoms with Crippen LogP contribution in [0.15, 0.2) is 47.6 Å². The molecule has 2 aromatic carbocycles. The molecule has 0 bridgehead atoms. The molecule has 116 valence electrons. The Bertz CT molecular complexity index is 890. The Morgan fingerprint density at radius 3 is 2.57 bits per heavy atom. The Kier molecular flexibility index (Phi) is 4.12. The fourth-order valence-electron chi connectivity index (χ4n) is 1.92. The van der Waals surface area contributed by atoms with Crippen molar-refractivity contribution in [3.05, 3.63) is 59.7 Å². The number of rotatable bonds is 3. The van der Waals surface area contributed by atoms with Gasteiger partial charge in [-0.2, -0.15) is 10.1 Å². The van der Waals surface area contributed by atoms with Gasteiger partial charge in [-0.1, -0.05) is 23.5 Å². The number of carbonyl (C=O) groups excluding carboxylic acids is 1.